The van der Waals surface area contributed by atoms with Crippen LogP contribution in [0.15, 0.2) is 41.8 Å². The lowest BCUT2D eigenvalue weighted by molar-refractivity contribution is -0.145. The highest BCUT2D eigenvalue weighted by Gasteiger charge is 2.35. The zero-order valence-corrected chi connectivity index (χ0v) is 17.7. The number of hydrogen-bond donors (Lipinski definition) is 2. The van der Waals surface area contributed by atoms with E-state index in [9.17, 15) is 14.4 Å². The summed E-state index contributed by atoms with van der Waals surface area (Å²) in [6.45, 7) is 1.34. The molecule has 2 atom stereocenters. The molecule has 160 valence electrons. The molecule has 1 aromatic carbocycles. The average Bonchev–Trinajstić information content (AvgIpc) is 3.33. The fourth-order valence-electron chi connectivity index (χ4n) is 3.32. The Balaban J connectivity index is 1.72. The molecule has 0 unspecified atom stereocenters. The summed E-state index contributed by atoms with van der Waals surface area (Å²) in [5, 5.41) is 7.74. The van der Waals surface area contributed by atoms with Crippen LogP contribution in [0.2, 0.25) is 0 Å². The van der Waals surface area contributed by atoms with Crippen LogP contribution in [0.1, 0.15) is 15.2 Å². The summed E-state index contributed by atoms with van der Waals surface area (Å²) in [7, 11) is 2.86. The fraction of sp³-hybridized carbons (Fsp3) is 0.381. The Hall–Kier alpha value is -2.91. The van der Waals surface area contributed by atoms with Crippen molar-refractivity contribution in [2.24, 2.45) is 0 Å². The number of amides is 2. The maximum absolute atomic E-state index is 13.0. The van der Waals surface area contributed by atoms with Gasteiger partial charge in [0.2, 0.25) is 5.91 Å². The lowest BCUT2D eigenvalue weighted by atomic mass is 10.0. The Morgan fingerprint density at radius 3 is 2.63 bits per heavy atom. The van der Waals surface area contributed by atoms with Gasteiger partial charge in [0.05, 0.1) is 19.1 Å². The van der Waals surface area contributed by atoms with E-state index in [-0.39, 0.29) is 12.3 Å². The number of nitrogens with one attached hydrogen (secondary N) is 2. The summed E-state index contributed by atoms with van der Waals surface area (Å²) in [4.78, 5) is 40.3. The molecule has 2 amide bonds. The Labute approximate surface area is 179 Å². The standard InChI is InChI=1S/C21H25N3O5S/c1-28-15-7-5-14(6-8-15)12-16(21(27)29-2)23-19(25)17-13-22-9-10-24(17)20(26)18-4-3-11-30-18/h3-8,11,16-17,22H,9-10,12-13H2,1-2H3,(H,23,25)/t16-,17-/m0/s1. The van der Waals surface area contributed by atoms with Crippen molar-refractivity contribution in [2.75, 3.05) is 33.9 Å². The van der Waals surface area contributed by atoms with E-state index in [1.54, 1.807) is 36.3 Å². The summed E-state index contributed by atoms with van der Waals surface area (Å²) < 4.78 is 10.0. The van der Waals surface area contributed by atoms with Gasteiger partial charge in [0, 0.05) is 26.1 Å². The predicted molar refractivity (Wildman–Crippen MR) is 113 cm³/mol. The molecule has 3 rings (SSSR count). The first-order valence-electron chi connectivity index (χ1n) is 9.59. The number of carbonyl (C=O) groups excluding carboxylic acids is 3. The first-order chi connectivity index (χ1) is 14.5. The largest absolute Gasteiger partial charge is 0.497 e. The lowest BCUT2D eigenvalue weighted by Gasteiger charge is -2.35. The van der Waals surface area contributed by atoms with Gasteiger partial charge in [-0.3, -0.25) is 9.59 Å². The molecule has 0 saturated carbocycles. The number of nitrogens with zero attached hydrogens (tertiary/aromatic N) is 1. The number of carbonyl (C=O) groups is 3. The maximum Gasteiger partial charge on any atom is 0.328 e. The second-order valence-corrected chi connectivity index (χ2v) is 7.78. The molecule has 2 aromatic rings. The van der Waals surface area contributed by atoms with Crippen molar-refractivity contribution >= 4 is 29.1 Å². The Morgan fingerprint density at radius 1 is 1.23 bits per heavy atom. The molecule has 0 bridgehead atoms. The molecule has 0 spiro atoms. The highest BCUT2D eigenvalue weighted by Crippen LogP contribution is 2.17. The molecule has 8 nitrogen and oxygen atoms in total. The second-order valence-electron chi connectivity index (χ2n) is 6.83. The first-order valence-corrected chi connectivity index (χ1v) is 10.5. The number of piperazine rings is 1. The minimum Gasteiger partial charge on any atom is -0.497 e. The van der Waals surface area contributed by atoms with Gasteiger partial charge in [-0.1, -0.05) is 18.2 Å². The maximum atomic E-state index is 13.0. The molecule has 1 aromatic heterocycles. The lowest BCUT2D eigenvalue weighted by Crippen LogP contribution is -2.61. The van der Waals surface area contributed by atoms with E-state index in [0.29, 0.717) is 30.3 Å². The van der Waals surface area contributed by atoms with Crippen LogP contribution < -0.4 is 15.4 Å². The van der Waals surface area contributed by atoms with E-state index in [0.717, 1.165) is 5.56 Å². The minimum atomic E-state index is -0.864. The van der Waals surface area contributed by atoms with Gasteiger partial charge in [-0.05, 0) is 29.1 Å². The number of methoxy groups -OCH3 is 2. The quantitative estimate of drug-likeness (QED) is 0.637. The van der Waals surface area contributed by atoms with Gasteiger partial charge < -0.3 is 25.0 Å². The van der Waals surface area contributed by atoms with E-state index in [1.807, 2.05) is 17.5 Å². The van der Waals surface area contributed by atoms with Crippen molar-refractivity contribution in [1.29, 1.82) is 0 Å². The average molecular weight is 432 g/mol. The van der Waals surface area contributed by atoms with Gasteiger partial charge in [0.1, 0.15) is 17.8 Å². The van der Waals surface area contributed by atoms with E-state index in [1.165, 1.54) is 18.4 Å². The fourth-order valence-corrected chi connectivity index (χ4v) is 4.00. The Kier molecular flexibility index (Phi) is 7.42. The summed E-state index contributed by atoms with van der Waals surface area (Å²) in [5.74, 6) is -0.417. The molecule has 2 N–H and O–H groups in total. The molecule has 0 aliphatic carbocycles. The topological polar surface area (TPSA) is 97.0 Å². The van der Waals surface area contributed by atoms with Crippen LogP contribution in [-0.4, -0.2) is 68.6 Å². The molecule has 30 heavy (non-hydrogen) atoms. The zero-order chi connectivity index (χ0) is 21.5. The number of ether oxygens (including phenoxy) is 2. The van der Waals surface area contributed by atoms with Crippen molar-refractivity contribution < 1.29 is 23.9 Å². The highest BCUT2D eigenvalue weighted by atomic mass is 32.1. The number of benzene rings is 1. The van der Waals surface area contributed by atoms with E-state index in [2.05, 4.69) is 10.6 Å². The molecule has 9 heteroatoms. The van der Waals surface area contributed by atoms with Crippen LogP contribution in [0.3, 0.4) is 0 Å². The molecular formula is C21H25N3O5S. The summed E-state index contributed by atoms with van der Waals surface area (Å²) in [6, 6.07) is 9.21. The Morgan fingerprint density at radius 2 is 2.00 bits per heavy atom. The van der Waals surface area contributed by atoms with Crippen molar-refractivity contribution in [1.82, 2.24) is 15.5 Å². The normalized spacial score (nSPS) is 17.1. The number of esters is 1. The van der Waals surface area contributed by atoms with Crippen LogP contribution in [0.5, 0.6) is 5.75 Å². The van der Waals surface area contributed by atoms with E-state index < -0.39 is 24.0 Å². The molecule has 1 saturated heterocycles. The van der Waals surface area contributed by atoms with Crippen LogP contribution in [0.4, 0.5) is 0 Å². The van der Waals surface area contributed by atoms with Crippen molar-refractivity contribution in [2.45, 2.75) is 18.5 Å². The smallest absolute Gasteiger partial charge is 0.328 e. The first kappa shape index (κ1) is 21.8. The van der Waals surface area contributed by atoms with E-state index >= 15 is 0 Å². The number of thiophene rings is 1. The molecule has 1 aliphatic rings. The third-order valence-corrected chi connectivity index (χ3v) is 5.80. The molecule has 0 radical (unpaired) electrons. The van der Waals surface area contributed by atoms with Gasteiger partial charge in [0.15, 0.2) is 0 Å². The van der Waals surface area contributed by atoms with Crippen molar-refractivity contribution in [3.63, 3.8) is 0 Å². The molecule has 1 aliphatic heterocycles. The van der Waals surface area contributed by atoms with Crippen LogP contribution in [0.25, 0.3) is 0 Å². The third-order valence-electron chi connectivity index (χ3n) is 4.94. The second kappa shape index (κ2) is 10.2. The van der Waals surface area contributed by atoms with Gasteiger partial charge >= 0.3 is 5.97 Å². The van der Waals surface area contributed by atoms with Crippen LogP contribution >= 0.6 is 11.3 Å². The van der Waals surface area contributed by atoms with Gasteiger partial charge in [-0.25, -0.2) is 4.79 Å². The molecule has 2 heterocycles. The summed E-state index contributed by atoms with van der Waals surface area (Å²) in [6.07, 6.45) is 0.265. The third kappa shape index (κ3) is 5.17. The number of rotatable bonds is 7. The van der Waals surface area contributed by atoms with Crippen LogP contribution in [0, 0.1) is 0 Å². The number of hydrogen-bond acceptors (Lipinski definition) is 7. The summed E-state index contributed by atoms with van der Waals surface area (Å²) >= 11 is 1.34. The highest BCUT2D eigenvalue weighted by molar-refractivity contribution is 7.12. The minimum absolute atomic E-state index is 0.184. The van der Waals surface area contributed by atoms with Crippen LogP contribution in [-0.2, 0) is 20.7 Å². The molecular weight excluding hydrogens is 406 g/mol. The summed E-state index contributed by atoms with van der Waals surface area (Å²) in [5.41, 5.74) is 0.847. The monoisotopic (exact) mass is 431 g/mol. The predicted octanol–water partition coefficient (Wildman–Crippen LogP) is 1.07. The van der Waals surface area contributed by atoms with Crippen molar-refractivity contribution in [3.8, 4) is 5.75 Å². The SMILES string of the molecule is COC(=O)[C@H](Cc1ccc(OC)cc1)NC(=O)[C@@H]1CNCCN1C(=O)c1cccs1. The van der Waals surface area contributed by atoms with Gasteiger partial charge in [-0.15, -0.1) is 11.3 Å². The van der Waals surface area contributed by atoms with Crippen molar-refractivity contribution in [3.05, 3.63) is 52.2 Å². The van der Waals surface area contributed by atoms with E-state index in [4.69, 9.17) is 9.47 Å². The molecule has 1 fully saturated rings. The zero-order valence-electron chi connectivity index (χ0n) is 16.9. The van der Waals surface area contributed by atoms with Gasteiger partial charge in [0.25, 0.3) is 5.91 Å². The van der Waals surface area contributed by atoms with Gasteiger partial charge in [-0.2, -0.15) is 0 Å². The Bertz CT molecular complexity index is 869.